The number of aliphatic hydroxyl groups excluding tert-OH is 1. The average Bonchev–Trinajstić information content (AvgIpc) is 2.66. The predicted molar refractivity (Wildman–Crippen MR) is 47.1 cm³/mol. The minimum atomic E-state index is -0.451. The van der Waals surface area contributed by atoms with Crippen LogP contribution in [0, 0.1) is 0 Å². The van der Waals surface area contributed by atoms with Crippen LogP contribution in [0.15, 0.2) is 0 Å². The lowest BCUT2D eigenvalue weighted by molar-refractivity contribution is -0.132. The third-order valence-corrected chi connectivity index (χ3v) is 2.25. The quantitative estimate of drug-likeness (QED) is 0.668. The van der Waals surface area contributed by atoms with Gasteiger partial charge in [0, 0.05) is 25.9 Å². The van der Waals surface area contributed by atoms with Gasteiger partial charge in [0.15, 0.2) is 5.78 Å². The van der Waals surface area contributed by atoms with E-state index < -0.39 is 6.61 Å². The van der Waals surface area contributed by atoms with Gasteiger partial charge in [-0.15, -0.1) is 0 Å². The standard InChI is InChI=1S/C9H15NO3/c11-7-8(12)3-4-9(13)10-5-1-2-6-10/h11H,1-7H2. The van der Waals surface area contributed by atoms with Gasteiger partial charge >= 0.3 is 0 Å². The molecule has 1 heterocycles. The van der Waals surface area contributed by atoms with Gasteiger partial charge in [0.1, 0.15) is 6.61 Å². The topological polar surface area (TPSA) is 57.6 Å². The van der Waals surface area contributed by atoms with Gasteiger partial charge < -0.3 is 10.0 Å². The first-order chi connectivity index (χ1) is 6.24. The van der Waals surface area contributed by atoms with E-state index in [1.54, 1.807) is 4.90 Å². The Kier molecular flexibility index (Phi) is 3.89. The zero-order chi connectivity index (χ0) is 9.68. The second-order valence-electron chi connectivity index (χ2n) is 3.28. The lowest BCUT2D eigenvalue weighted by Crippen LogP contribution is -2.28. The van der Waals surface area contributed by atoms with Crippen molar-refractivity contribution in [3.05, 3.63) is 0 Å². The highest BCUT2D eigenvalue weighted by atomic mass is 16.3. The van der Waals surface area contributed by atoms with E-state index in [2.05, 4.69) is 0 Å². The highest BCUT2D eigenvalue weighted by Gasteiger charge is 2.17. The molecule has 1 rings (SSSR count). The van der Waals surface area contributed by atoms with Crippen molar-refractivity contribution >= 4 is 11.7 Å². The molecule has 0 spiro atoms. The lowest BCUT2D eigenvalue weighted by atomic mass is 10.2. The molecule has 0 aromatic rings. The van der Waals surface area contributed by atoms with Crippen molar-refractivity contribution in [2.45, 2.75) is 25.7 Å². The molecular weight excluding hydrogens is 170 g/mol. The van der Waals surface area contributed by atoms with Crippen molar-refractivity contribution in [3.63, 3.8) is 0 Å². The fourth-order valence-electron chi connectivity index (χ4n) is 1.45. The van der Waals surface area contributed by atoms with Gasteiger partial charge in [-0.3, -0.25) is 9.59 Å². The summed E-state index contributed by atoms with van der Waals surface area (Å²) in [7, 11) is 0. The van der Waals surface area contributed by atoms with Gasteiger partial charge in [-0.25, -0.2) is 0 Å². The smallest absolute Gasteiger partial charge is 0.223 e. The van der Waals surface area contributed by atoms with Crippen LogP contribution < -0.4 is 0 Å². The van der Waals surface area contributed by atoms with Crippen LogP contribution >= 0.6 is 0 Å². The van der Waals surface area contributed by atoms with E-state index in [9.17, 15) is 9.59 Å². The van der Waals surface area contributed by atoms with Gasteiger partial charge in [-0.2, -0.15) is 0 Å². The summed E-state index contributed by atoms with van der Waals surface area (Å²) in [5, 5.41) is 8.44. The molecule has 1 saturated heterocycles. The number of carbonyl (C=O) groups is 2. The Morgan fingerprint density at radius 1 is 1.15 bits per heavy atom. The molecule has 0 atom stereocenters. The van der Waals surface area contributed by atoms with Gasteiger partial charge in [-0.05, 0) is 12.8 Å². The van der Waals surface area contributed by atoms with Crippen LogP contribution in [0.25, 0.3) is 0 Å². The Balaban J connectivity index is 2.20. The Bertz CT molecular complexity index is 197. The Hall–Kier alpha value is -0.900. The van der Waals surface area contributed by atoms with E-state index in [-0.39, 0.29) is 24.5 Å². The van der Waals surface area contributed by atoms with Gasteiger partial charge in [0.05, 0.1) is 0 Å². The average molecular weight is 185 g/mol. The van der Waals surface area contributed by atoms with Crippen LogP contribution in [0.3, 0.4) is 0 Å². The van der Waals surface area contributed by atoms with Crippen molar-refractivity contribution in [1.29, 1.82) is 0 Å². The summed E-state index contributed by atoms with van der Waals surface area (Å²) in [4.78, 5) is 23.9. The highest BCUT2D eigenvalue weighted by molar-refractivity contribution is 5.85. The Morgan fingerprint density at radius 2 is 1.77 bits per heavy atom. The van der Waals surface area contributed by atoms with Crippen molar-refractivity contribution in [2.75, 3.05) is 19.7 Å². The molecule has 0 saturated carbocycles. The molecule has 1 aliphatic heterocycles. The number of amides is 1. The highest BCUT2D eigenvalue weighted by Crippen LogP contribution is 2.09. The van der Waals surface area contributed by atoms with Crippen LogP contribution in [0.2, 0.25) is 0 Å². The van der Waals surface area contributed by atoms with Crippen molar-refractivity contribution in [3.8, 4) is 0 Å². The largest absolute Gasteiger partial charge is 0.389 e. The summed E-state index contributed by atoms with van der Waals surface area (Å²) in [6.45, 7) is 1.20. The molecule has 0 aromatic carbocycles. The summed E-state index contributed by atoms with van der Waals surface area (Å²) in [5.41, 5.74) is 0. The maximum atomic E-state index is 11.4. The van der Waals surface area contributed by atoms with Crippen LogP contribution in [0.4, 0.5) is 0 Å². The molecule has 0 aliphatic carbocycles. The molecule has 0 aromatic heterocycles. The summed E-state index contributed by atoms with van der Waals surface area (Å²) in [5.74, 6) is -0.216. The Labute approximate surface area is 77.5 Å². The maximum Gasteiger partial charge on any atom is 0.223 e. The van der Waals surface area contributed by atoms with Crippen molar-refractivity contribution in [2.24, 2.45) is 0 Å². The van der Waals surface area contributed by atoms with E-state index >= 15 is 0 Å². The van der Waals surface area contributed by atoms with Gasteiger partial charge in [-0.1, -0.05) is 0 Å². The molecule has 1 amide bonds. The second kappa shape index (κ2) is 4.97. The molecule has 1 aliphatic rings. The van der Waals surface area contributed by atoms with Crippen molar-refractivity contribution < 1.29 is 14.7 Å². The van der Waals surface area contributed by atoms with E-state index in [1.807, 2.05) is 0 Å². The number of carbonyl (C=O) groups excluding carboxylic acids is 2. The number of likely N-dealkylation sites (tertiary alicyclic amines) is 1. The molecule has 0 radical (unpaired) electrons. The molecule has 74 valence electrons. The minimum Gasteiger partial charge on any atom is -0.389 e. The van der Waals surface area contributed by atoms with Crippen LogP contribution in [0.1, 0.15) is 25.7 Å². The summed E-state index contributed by atoms with van der Waals surface area (Å²) in [6.07, 6.45) is 2.56. The first-order valence-electron chi connectivity index (χ1n) is 4.64. The van der Waals surface area contributed by atoms with E-state index in [4.69, 9.17) is 5.11 Å². The molecule has 0 bridgehead atoms. The monoisotopic (exact) mass is 185 g/mol. The van der Waals surface area contributed by atoms with Gasteiger partial charge in [0.2, 0.25) is 5.91 Å². The number of ketones is 1. The molecule has 4 nitrogen and oxygen atoms in total. The Morgan fingerprint density at radius 3 is 2.31 bits per heavy atom. The minimum absolute atomic E-state index is 0.0410. The second-order valence-corrected chi connectivity index (χ2v) is 3.28. The number of aliphatic hydroxyl groups is 1. The van der Waals surface area contributed by atoms with E-state index in [0.29, 0.717) is 0 Å². The lowest BCUT2D eigenvalue weighted by Gasteiger charge is -2.14. The molecule has 4 heteroatoms. The molecule has 13 heavy (non-hydrogen) atoms. The summed E-state index contributed by atoms with van der Waals surface area (Å²) >= 11 is 0. The number of rotatable bonds is 4. The number of hydrogen-bond donors (Lipinski definition) is 1. The summed E-state index contributed by atoms with van der Waals surface area (Å²) in [6, 6.07) is 0. The first-order valence-corrected chi connectivity index (χ1v) is 4.64. The van der Waals surface area contributed by atoms with Gasteiger partial charge in [0.25, 0.3) is 0 Å². The number of hydrogen-bond acceptors (Lipinski definition) is 3. The fourth-order valence-corrected chi connectivity index (χ4v) is 1.45. The van der Waals surface area contributed by atoms with E-state index in [0.717, 1.165) is 25.9 Å². The molecule has 1 N–H and O–H groups in total. The maximum absolute atomic E-state index is 11.4. The zero-order valence-electron chi connectivity index (χ0n) is 7.66. The molecule has 0 unspecified atom stereocenters. The van der Waals surface area contributed by atoms with Crippen LogP contribution in [-0.2, 0) is 9.59 Å². The van der Waals surface area contributed by atoms with E-state index in [1.165, 1.54) is 0 Å². The van der Waals surface area contributed by atoms with Crippen LogP contribution in [0.5, 0.6) is 0 Å². The fraction of sp³-hybridized carbons (Fsp3) is 0.778. The SMILES string of the molecule is O=C(CO)CCC(=O)N1CCCC1. The number of Topliss-reactive ketones (excluding diaryl/α,β-unsaturated/α-hetero) is 1. The zero-order valence-corrected chi connectivity index (χ0v) is 7.66. The number of nitrogens with zero attached hydrogens (tertiary/aromatic N) is 1. The molecular formula is C9H15NO3. The predicted octanol–water partition coefficient (Wildman–Crippen LogP) is -0.0496. The first kappa shape index (κ1) is 10.2. The van der Waals surface area contributed by atoms with Crippen LogP contribution in [-0.4, -0.2) is 41.4 Å². The summed E-state index contributed by atoms with van der Waals surface area (Å²) < 4.78 is 0. The normalized spacial score (nSPS) is 16.2. The third-order valence-electron chi connectivity index (χ3n) is 2.25. The molecule has 1 fully saturated rings. The third kappa shape index (κ3) is 3.14. The van der Waals surface area contributed by atoms with Crippen molar-refractivity contribution in [1.82, 2.24) is 4.90 Å².